The minimum absolute atomic E-state index is 0.304. The molecule has 82 valence electrons. The van der Waals surface area contributed by atoms with Crippen LogP contribution in [0.5, 0.6) is 0 Å². The molecule has 0 spiro atoms. The van der Waals surface area contributed by atoms with Gasteiger partial charge in [-0.05, 0) is 20.8 Å². The molecule has 2 atom stereocenters. The molecule has 0 aromatic heterocycles. The highest BCUT2D eigenvalue weighted by atomic mass is 16.5. The molecule has 0 aromatic rings. The second kappa shape index (κ2) is 6.23. The maximum absolute atomic E-state index is 11.2. The number of hydrogen-bond acceptors (Lipinski definition) is 4. The Kier molecular flexibility index (Phi) is 5.67. The summed E-state index contributed by atoms with van der Waals surface area (Å²) < 4.78 is 9.22. The van der Waals surface area contributed by atoms with Crippen LogP contribution in [-0.4, -0.2) is 31.8 Å². The van der Waals surface area contributed by atoms with Crippen molar-refractivity contribution in [3.05, 3.63) is 0 Å². The van der Waals surface area contributed by atoms with Gasteiger partial charge in [-0.3, -0.25) is 4.79 Å². The van der Waals surface area contributed by atoms with Gasteiger partial charge in [0.2, 0.25) is 0 Å². The SMILES string of the molecule is CCOC(=O)C(C)C(C)NC(=O)OC. The molecule has 1 amide bonds. The summed E-state index contributed by atoms with van der Waals surface area (Å²) in [5.74, 6) is -0.703. The zero-order chi connectivity index (χ0) is 11.1. The van der Waals surface area contributed by atoms with Gasteiger partial charge >= 0.3 is 12.1 Å². The van der Waals surface area contributed by atoms with Crippen LogP contribution in [0.3, 0.4) is 0 Å². The lowest BCUT2D eigenvalue weighted by Crippen LogP contribution is -2.40. The van der Waals surface area contributed by atoms with Crippen LogP contribution in [0.25, 0.3) is 0 Å². The van der Waals surface area contributed by atoms with Gasteiger partial charge in [-0.15, -0.1) is 0 Å². The third-order valence-corrected chi connectivity index (χ3v) is 1.94. The topological polar surface area (TPSA) is 64.6 Å². The summed E-state index contributed by atoms with van der Waals surface area (Å²) in [6, 6.07) is -0.304. The second-order valence-corrected chi connectivity index (χ2v) is 2.97. The van der Waals surface area contributed by atoms with E-state index >= 15 is 0 Å². The summed E-state index contributed by atoms with van der Waals surface area (Å²) in [4.78, 5) is 22.1. The lowest BCUT2D eigenvalue weighted by Gasteiger charge is -2.18. The first kappa shape index (κ1) is 12.7. The van der Waals surface area contributed by atoms with Gasteiger partial charge in [0.05, 0.1) is 19.6 Å². The molecule has 0 heterocycles. The lowest BCUT2D eigenvalue weighted by atomic mass is 10.0. The maximum Gasteiger partial charge on any atom is 0.407 e. The van der Waals surface area contributed by atoms with E-state index in [1.165, 1.54) is 7.11 Å². The van der Waals surface area contributed by atoms with Gasteiger partial charge in [-0.1, -0.05) is 0 Å². The number of ether oxygens (including phenoxy) is 2. The predicted molar refractivity (Wildman–Crippen MR) is 50.8 cm³/mol. The summed E-state index contributed by atoms with van der Waals surface area (Å²) in [7, 11) is 1.27. The third kappa shape index (κ3) is 4.11. The highest BCUT2D eigenvalue weighted by molar-refractivity contribution is 5.74. The van der Waals surface area contributed by atoms with Crippen molar-refractivity contribution in [3.63, 3.8) is 0 Å². The van der Waals surface area contributed by atoms with E-state index < -0.39 is 6.09 Å². The van der Waals surface area contributed by atoms with E-state index in [1.54, 1.807) is 20.8 Å². The molecular weight excluding hydrogens is 186 g/mol. The molecule has 5 nitrogen and oxygen atoms in total. The smallest absolute Gasteiger partial charge is 0.407 e. The first-order valence-electron chi connectivity index (χ1n) is 4.54. The Labute approximate surface area is 83.8 Å². The fourth-order valence-electron chi connectivity index (χ4n) is 0.848. The molecule has 0 bridgehead atoms. The van der Waals surface area contributed by atoms with Gasteiger partial charge in [-0.2, -0.15) is 0 Å². The fourth-order valence-corrected chi connectivity index (χ4v) is 0.848. The van der Waals surface area contributed by atoms with Gasteiger partial charge in [0.1, 0.15) is 0 Å². The summed E-state index contributed by atoms with van der Waals surface area (Å²) in [6.45, 7) is 5.49. The van der Waals surface area contributed by atoms with Gasteiger partial charge in [0.25, 0.3) is 0 Å². The van der Waals surface area contributed by atoms with Crippen LogP contribution < -0.4 is 5.32 Å². The number of rotatable bonds is 4. The summed E-state index contributed by atoms with van der Waals surface area (Å²) in [5, 5.41) is 2.51. The fraction of sp³-hybridized carbons (Fsp3) is 0.778. The summed E-state index contributed by atoms with van der Waals surface area (Å²) in [5.41, 5.74) is 0. The number of nitrogens with one attached hydrogen (secondary N) is 1. The van der Waals surface area contributed by atoms with Gasteiger partial charge in [0, 0.05) is 6.04 Å². The summed E-state index contributed by atoms with van der Waals surface area (Å²) >= 11 is 0. The number of carbonyl (C=O) groups is 2. The molecule has 5 heteroatoms. The Morgan fingerprint density at radius 1 is 1.36 bits per heavy atom. The van der Waals surface area contributed by atoms with Gasteiger partial charge in [-0.25, -0.2) is 4.79 Å². The molecule has 1 N–H and O–H groups in total. The number of hydrogen-bond donors (Lipinski definition) is 1. The van der Waals surface area contributed by atoms with Gasteiger partial charge < -0.3 is 14.8 Å². The van der Waals surface area contributed by atoms with Gasteiger partial charge in [0.15, 0.2) is 0 Å². The summed E-state index contributed by atoms with van der Waals surface area (Å²) in [6.07, 6.45) is -0.548. The van der Waals surface area contributed by atoms with Crippen LogP contribution in [0.15, 0.2) is 0 Å². The molecule has 0 aliphatic rings. The Bertz CT molecular complexity index is 205. The molecule has 2 unspecified atom stereocenters. The number of methoxy groups -OCH3 is 1. The van der Waals surface area contributed by atoms with Crippen molar-refractivity contribution in [2.75, 3.05) is 13.7 Å². The predicted octanol–water partition coefficient (Wildman–Crippen LogP) is 0.930. The standard InChI is InChI=1S/C9H17NO4/c1-5-14-8(11)6(2)7(3)10-9(12)13-4/h6-7H,5H2,1-4H3,(H,10,12). The number of amides is 1. The van der Waals surface area contributed by atoms with Crippen LogP contribution in [0.4, 0.5) is 4.79 Å². The number of esters is 1. The van der Waals surface area contributed by atoms with E-state index in [2.05, 4.69) is 10.1 Å². The first-order valence-corrected chi connectivity index (χ1v) is 4.54. The van der Waals surface area contributed by atoms with Crippen LogP contribution >= 0.6 is 0 Å². The van der Waals surface area contributed by atoms with Crippen LogP contribution in [0, 0.1) is 5.92 Å². The normalized spacial score (nSPS) is 14.0. The van der Waals surface area contributed by atoms with Crippen LogP contribution in [-0.2, 0) is 14.3 Å². The lowest BCUT2D eigenvalue weighted by molar-refractivity contribution is -0.148. The first-order chi connectivity index (χ1) is 6.52. The van der Waals surface area contributed by atoms with E-state index in [1.807, 2.05) is 0 Å². The molecule has 14 heavy (non-hydrogen) atoms. The van der Waals surface area contributed by atoms with E-state index in [0.717, 1.165) is 0 Å². The second-order valence-electron chi connectivity index (χ2n) is 2.97. The van der Waals surface area contributed by atoms with E-state index in [0.29, 0.717) is 6.61 Å². The Balaban J connectivity index is 4.04. The maximum atomic E-state index is 11.2. The quantitative estimate of drug-likeness (QED) is 0.690. The number of carbonyl (C=O) groups excluding carboxylic acids is 2. The van der Waals surface area contributed by atoms with E-state index in [-0.39, 0.29) is 17.9 Å². The van der Waals surface area contributed by atoms with Crippen LogP contribution in [0.1, 0.15) is 20.8 Å². The van der Waals surface area contributed by atoms with Crippen molar-refractivity contribution >= 4 is 12.1 Å². The third-order valence-electron chi connectivity index (χ3n) is 1.94. The van der Waals surface area contributed by atoms with Crippen molar-refractivity contribution in [1.29, 1.82) is 0 Å². The monoisotopic (exact) mass is 203 g/mol. The Morgan fingerprint density at radius 2 is 1.93 bits per heavy atom. The van der Waals surface area contributed by atoms with Crippen molar-refractivity contribution in [3.8, 4) is 0 Å². The molecule has 0 aromatic carbocycles. The zero-order valence-electron chi connectivity index (χ0n) is 8.99. The average molecular weight is 203 g/mol. The largest absolute Gasteiger partial charge is 0.466 e. The van der Waals surface area contributed by atoms with Crippen molar-refractivity contribution in [1.82, 2.24) is 5.32 Å². The number of alkyl carbamates (subject to hydrolysis) is 1. The van der Waals surface area contributed by atoms with Crippen molar-refractivity contribution in [2.24, 2.45) is 5.92 Å². The average Bonchev–Trinajstić information content (AvgIpc) is 2.16. The molecule has 0 aliphatic carbocycles. The van der Waals surface area contributed by atoms with E-state index in [4.69, 9.17) is 4.74 Å². The molecule has 0 saturated carbocycles. The Morgan fingerprint density at radius 3 is 2.36 bits per heavy atom. The molecule has 0 rings (SSSR count). The van der Waals surface area contributed by atoms with Crippen molar-refractivity contribution in [2.45, 2.75) is 26.8 Å². The minimum Gasteiger partial charge on any atom is -0.466 e. The minimum atomic E-state index is -0.548. The zero-order valence-corrected chi connectivity index (χ0v) is 8.99. The molecule has 0 saturated heterocycles. The molecular formula is C9H17NO4. The highest BCUT2D eigenvalue weighted by Gasteiger charge is 2.22. The molecule has 0 aliphatic heterocycles. The molecule has 0 radical (unpaired) electrons. The Hall–Kier alpha value is -1.26. The molecule has 0 fully saturated rings. The van der Waals surface area contributed by atoms with E-state index in [9.17, 15) is 9.59 Å². The van der Waals surface area contributed by atoms with Crippen molar-refractivity contribution < 1.29 is 19.1 Å². The highest BCUT2D eigenvalue weighted by Crippen LogP contribution is 2.05. The van der Waals surface area contributed by atoms with Crippen LogP contribution in [0.2, 0.25) is 0 Å².